The number of aromatic hydroxyl groups is 1. The summed E-state index contributed by atoms with van der Waals surface area (Å²) in [7, 11) is 0. The molecule has 28 heavy (non-hydrogen) atoms. The fourth-order valence-electron chi connectivity index (χ4n) is 3.60. The summed E-state index contributed by atoms with van der Waals surface area (Å²) in [6, 6.07) is 10.7. The molecule has 144 valence electrons. The number of carbonyl (C=O) groups is 1. The van der Waals surface area contributed by atoms with Crippen LogP contribution in [0.25, 0.3) is 10.9 Å². The molecule has 4 rings (SSSR count). The highest BCUT2D eigenvalue weighted by atomic mass is 16.5. The Bertz CT molecular complexity index is 1110. The Balaban J connectivity index is 1.76. The molecule has 1 aromatic heterocycles. The summed E-state index contributed by atoms with van der Waals surface area (Å²) in [5.74, 6) is 0.767. The van der Waals surface area contributed by atoms with Crippen LogP contribution in [0.1, 0.15) is 56.1 Å². The number of hydrogen-bond donors (Lipinski definition) is 2. The van der Waals surface area contributed by atoms with Gasteiger partial charge in [0.2, 0.25) is 0 Å². The smallest absolute Gasteiger partial charge is 0.255 e. The number of carbonyl (C=O) groups excluding carboxylic acids is 1. The van der Waals surface area contributed by atoms with E-state index in [1.807, 2.05) is 32.0 Å². The third-order valence-electron chi connectivity index (χ3n) is 5.16. The van der Waals surface area contributed by atoms with Crippen LogP contribution in [0.4, 0.5) is 5.69 Å². The zero-order chi connectivity index (χ0) is 20.3. The van der Waals surface area contributed by atoms with Gasteiger partial charge < -0.3 is 15.2 Å². The number of phenolic OH excluding ortho intramolecular Hbond substituents is 1. The van der Waals surface area contributed by atoms with Gasteiger partial charge in [-0.3, -0.25) is 9.78 Å². The molecule has 0 aliphatic carbocycles. The predicted molar refractivity (Wildman–Crippen MR) is 110 cm³/mol. The molecule has 0 bridgehead atoms. The van der Waals surface area contributed by atoms with Crippen LogP contribution >= 0.6 is 0 Å². The van der Waals surface area contributed by atoms with Crippen LogP contribution in [-0.2, 0) is 11.0 Å². The van der Waals surface area contributed by atoms with Crippen molar-refractivity contribution in [2.75, 3.05) is 5.32 Å². The second-order valence-electron chi connectivity index (χ2n) is 8.75. The molecule has 2 aromatic carbocycles. The van der Waals surface area contributed by atoms with Crippen molar-refractivity contribution in [2.24, 2.45) is 0 Å². The minimum Gasteiger partial charge on any atom is -0.506 e. The molecule has 1 aliphatic heterocycles. The van der Waals surface area contributed by atoms with Crippen molar-refractivity contribution in [3.05, 3.63) is 59.3 Å². The van der Waals surface area contributed by atoms with E-state index in [1.165, 1.54) is 0 Å². The van der Waals surface area contributed by atoms with Gasteiger partial charge in [0.05, 0.1) is 5.69 Å². The van der Waals surface area contributed by atoms with Gasteiger partial charge in [0.15, 0.2) is 0 Å². The second-order valence-corrected chi connectivity index (χ2v) is 8.75. The number of nitrogens with one attached hydrogen (secondary N) is 1. The predicted octanol–water partition coefficient (Wildman–Crippen LogP) is 5.12. The SMILES string of the molecule is CC(C)(C)c1cc(C(=O)Nc2ccc(O)c3ncccc23)cc2c1OC2(C)C. The molecule has 1 aliphatic rings. The maximum Gasteiger partial charge on any atom is 0.255 e. The lowest BCUT2D eigenvalue weighted by molar-refractivity contribution is 0.0483. The number of fused-ring (bicyclic) bond motifs is 2. The van der Waals surface area contributed by atoms with Crippen LogP contribution in [0.2, 0.25) is 0 Å². The minimum absolute atomic E-state index is 0.0866. The average Bonchev–Trinajstić information content (AvgIpc) is 2.62. The van der Waals surface area contributed by atoms with Gasteiger partial charge >= 0.3 is 0 Å². The molecule has 2 N–H and O–H groups in total. The van der Waals surface area contributed by atoms with Crippen molar-refractivity contribution in [3.8, 4) is 11.5 Å². The molecular weight excluding hydrogens is 352 g/mol. The number of rotatable bonds is 2. The van der Waals surface area contributed by atoms with Crippen molar-refractivity contribution in [1.82, 2.24) is 4.98 Å². The van der Waals surface area contributed by atoms with E-state index in [-0.39, 0.29) is 17.1 Å². The van der Waals surface area contributed by atoms with E-state index < -0.39 is 5.60 Å². The molecule has 5 nitrogen and oxygen atoms in total. The minimum atomic E-state index is -0.402. The molecule has 0 saturated carbocycles. The highest BCUT2D eigenvalue weighted by Crippen LogP contribution is 2.49. The van der Waals surface area contributed by atoms with Crippen LogP contribution in [-0.4, -0.2) is 16.0 Å². The van der Waals surface area contributed by atoms with Gasteiger partial charge in [-0.2, -0.15) is 0 Å². The Morgan fingerprint density at radius 3 is 2.61 bits per heavy atom. The van der Waals surface area contributed by atoms with E-state index in [0.29, 0.717) is 22.2 Å². The number of hydrogen-bond acceptors (Lipinski definition) is 4. The maximum atomic E-state index is 13.1. The zero-order valence-electron chi connectivity index (χ0n) is 16.8. The monoisotopic (exact) mass is 376 g/mol. The van der Waals surface area contributed by atoms with Gasteiger partial charge in [-0.1, -0.05) is 20.8 Å². The highest BCUT2D eigenvalue weighted by Gasteiger charge is 2.41. The first-order valence-electron chi connectivity index (χ1n) is 9.34. The second kappa shape index (κ2) is 5.96. The number of amides is 1. The molecule has 1 amide bonds. The van der Waals surface area contributed by atoms with Crippen molar-refractivity contribution in [3.63, 3.8) is 0 Å². The number of ether oxygens (including phenoxy) is 1. The van der Waals surface area contributed by atoms with Crippen molar-refractivity contribution in [1.29, 1.82) is 0 Å². The Kier molecular flexibility index (Phi) is 3.89. The first kappa shape index (κ1) is 18.3. The van der Waals surface area contributed by atoms with E-state index in [1.54, 1.807) is 24.4 Å². The van der Waals surface area contributed by atoms with Crippen LogP contribution in [0, 0.1) is 0 Å². The Morgan fingerprint density at radius 2 is 1.93 bits per heavy atom. The Hall–Kier alpha value is -3.08. The van der Waals surface area contributed by atoms with Gasteiger partial charge in [0.25, 0.3) is 5.91 Å². The van der Waals surface area contributed by atoms with Gasteiger partial charge in [0.1, 0.15) is 22.6 Å². The Labute approximate surface area is 164 Å². The molecule has 5 heteroatoms. The molecule has 0 radical (unpaired) electrons. The van der Waals surface area contributed by atoms with Crippen LogP contribution in [0.5, 0.6) is 11.5 Å². The van der Waals surface area contributed by atoms with E-state index in [2.05, 4.69) is 31.1 Å². The topological polar surface area (TPSA) is 71.5 Å². The summed E-state index contributed by atoms with van der Waals surface area (Å²) in [6.07, 6.45) is 1.61. The number of benzene rings is 2. The summed E-state index contributed by atoms with van der Waals surface area (Å²) in [5.41, 5.74) is 3.18. The highest BCUT2D eigenvalue weighted by molar-refractivity contribution is 6.09. The average molecular weight is 376 g/mol. The summed E-state index contributed by atoms with van der Waals surface area (Å²) in [4.78, 5) is 17.3. The molecular formula is C23H24N2O3. The lowest BCUT2D eigenvalue weighted by Gasteiger charge is -2.42. The van der Waals surface area contributed by atoms with Crippen LogP contribution in [0.15, 0.2) is 42.6 Å². The van der Waals surface area contributed by atoms with E-state index in [4.69, 9.17) is 4.74 Å². The first-order valence-corrected chi connectivity index (χ1v) is 9.34. The van der Waals surface area contributed by atoms with Crippen molar-refractivity contribution >= 4 is 22.5 Å². The van der Waals surface area contributed by atoms with Crippen LogP contribution in [0.3, 0.4) is 0 Å². The molecule has 0 atom stereocenters. The van der Waals surface area contributed by atoms with E-state index in [9.17, 15) is 9.90 Å². The summed E-state index contributed by atoms with van der Waals surface area (Å²) in [6.45, 7) is 10.3. The van der Waals surface area contributed by atoms with E-state index in [0.717, 1.165) is 16.9 Å². The van der Waals surface area contributed by atoms with Crippen LogP contribution < -0.4 is 10.1 Å². The number of pyridine rings is 1. The third-order valence-corrected chi connectivity index (χ3v) is 5.16. The fraction of sp³-hybridized carbons (Fsp3) is 0.304. The standard InChI is InChI=1S/C23H24N2O3/c1-22(2,3)15-11-13(12-16-20(15)28-23(16,4)5)21(27)25-17-8-9-18(26)19-14(17)7-6-10-24-19/h6-12,26H,1-5H3,(H,25,27). The number of aromatic nitrogens is 1. The number of anilines is 1. The number of nitrogens with zero attached hydrogens (tertiary/aromatic N) is 1. The summed E-state index contributed by atoms with van der Waals surface area (Å²) < 4.78 is 5.99. The lowest BCUT2D eigenvalue weighted by atomic mass is 9.78. The van der Waals surface area contributed by atoms with Gasteiger partial charge in [-0.25, -0.2) is 0 Å². The van der Waals surface area contributed by atoms with Crippen molar-refractivity contribution < 1.29 is 14.6 Å². The third kappa shape index (κ3) is 2.87. The van der Waals surface area contributed by atoms with E-state index >= 15 is 0 Å². The largest absolute Gasteiger partial charge is 0.506 e. The molecule has 0 fully saturated rings. The Morgan fingerprint density at radius 1 is 1.18 bits per heavy atom. The number of phenols is 1. The zero-order valence-corrected chi connectivity index (χ0v) is 16.8. The first-order chi connectivity index (χ1) is 13.1. The quantitative estimate of drug-likeness (QED) is 0.609. The molecule has 0 spiro atoms. The molecule has 2 heterocycles. The fourth-order valence-corrected chi connectivity index (χ4v) is 3.60. The van der Waals surface area contributed by atoms with Gasteiger partial charge in [0, 0.05) is 28.3 Å². The summed E-state index contributed by atoms with van der Waals surface area (Å²) >= 11 is 0. The normalized spacial score (nSPS) is 14.8. The summed E-state index contributed by atoms with van der Waals surface area (Å²) in [5, 5.41) is 13.7. The van der Waals surface area contributed by atoms with Gasteiger partial charge in [-0.05, 0) is 55.7 Å². The molecule has 3 aromatic rings. The van der Waals surface area contributed by atoms with Crippen molar-refractivity contribution in [2.45, 2.75) is 45.6 Å². The lowest BCUT2D eigenvalue weighted by Crippen LogP contribution is -2.38. The maximum absolute atomic E-state index is 13.1. The molecule has 0 unspecified atom stereocenters. The molecule has 0 saturated heterocycles. The van der Waals surface area contributed by atoms with Gasteiger partial charge in [-0.15, -0.1) is 0 Å².